The van der Waals surface area contributed by atoms with Gasteiger partial charge in [0.25, 0.3) is 0 Å². The van der Waals surface area contributed by atoms with E-state index < -0.39 is 11.8 Å². The lowest BCUT2D eigenvalue weighted by Crippen LogP contribution is -2.39. The van der Waals surface area contributed by atoms with Crippen molar-refractivity contribution < 1.29 is 9.59 Å². The monoisotopic (exact) mass is 337 g/mol. The van der Waals surface area contributed by atoms with Crippen LogP contribution in [0.15, 0.2) is 54.6 Å². The minimum atomic E-state index is -0.625. The minimum Gasteiger partial charge on any atom is -0.372 e. The van der Waals surface area contributed by atoms with E-state index in [0.29, 0.717) is 12.2 Å². The predicted octanol–water partition coefficient (Wildman–Crippen LogP) is 3.28. The molecule has 1 saturated heterocycles. The van der Waals surface area contributed by atoms with Gasteiger partial charge < -0.3 is 15.1 Å². The van der Waals surface area contributed by atoms with Crippen LogP contribution in [0, 0.1) is 0 Å². The van der Waals surface area contributed by atoms with E-state index in [4.69, 9.17) is 0 Å². The summed E-state index contributed by atoms with van der Waals surface area (Å²) in [5.74, 6) is -1.18. The molecule has 130 valence electrons. The van der Waals surface area contributed by atoms with Crippen LogP contribution in [0.3, 0.4) is 0 Å². The Morgan fingerprint density at radius 2 is 1.64 bits per heavy atom. The number of para-hydroxylation sites is 1. The van der Waals surface area contributed by atoms with Crippen LogP contribution in [0.2, 0.25) is 0 Å². The standard InChI is InChI=1S/C20H23N3O2/c1-2-23(18-8-4-3-5-9-18)20(25)19(24)21-16-10-12-17(13-11-16)22-14-6-7-15-22/h3-5,8-13H,2,6-7,14-15H2,1H3,(H,21,24). The van der Waals surface area contributed by atoms with Crippen molar-refractivity contribution in [2.45, 2.75) is 19.8 Å². The number of benzene rings is 2. The highest BCUT2D eigenvalue weighted by Crippen LogP contribution is 2.22. The third kappa shape index (κ3) is 3.99. The lowest BCUT2D eigenvalue weighted by molar-refractivity contribution is -0.134. The third-order valence-corrected chi connectivity index (χ3v) is 4.42. The summed E-state index contributed by atoms with van der Waals surface area (Å²) >= 11 is 0. The van der Waals surface area contributed by atoms with E-state index in [2.05, 4.69) is 10.2 Å². The first kappa shape index (κ1) is 17.0. The average molecular weight is 337 g/mol. The molecule has 0 radical (unpaired) electrons. The number of carbonyl (C=O) groups is 2. The molecule has 1 aliphatic heterocycles. The summed E-state index contributed by atoms with van der Waals surface area (Å²) in [7, 11) is 0. The molecule has 2 aromatic rings. The number of carbonyl (C=O) groups excluding carboxylic acids is 2. The summed E-state index contributed by atoms with van der Waals surface area (Å²) < 4.78 is 0. The number of rotatable bonds is 4. The maximum atomic E-state index is 12.5. The Bertz CT molecular complexity index is 722. The van der Waals surface area contributed by atoms with E-state index in [1.807, 2.05) is 61.5 Å². The van der Waals surface area contributed by atoms with Crippen molar-refractivity contribution in [1.29, 1.82) is 0 Å². The van der Waals surface area contributed by atoms with E-state index in [0.717, 1.165) is 24.5 Å². The molecule has 3 rings (SSSR count). The van der Waals surface area contributed by atoms with Gasteiger partial charge >= 0.3 is 11.8 Å². The number of hydrogen-bond acceptors (Lipinski definition) is 3. The van der Waals surface area contributed by atoms with Crippen LogP contribution in [0.1, 0.15) is 19.8 Å². The van der Waals surface area contributed by atoms with Gasteiger partial charge in [0.15, 0.2) is 0 Å². The Balaban J connectivity index is 1.65. The number of likely N-dealkylation sites (N-methyl/N-ethyl adjacent to an activating group) is 1. The van der Waals surface area contributed by atoms with Crippen molar-refractivity contribution in [2.75, 3.05) is 34.8 Å². The Labute approximate surface area is 148 Å². The van der Waals surface area contributed by atoms with Gasteiger partial charge in [-0.05, 0) is 56.2 Å². The summed E-state index contributed by atoms with van der Waals surface area (Å²) in [6.07, 6.45) is 2.44. The number of hydrogen-bond donors (Lipinski definition) is 1. The molecule has 1 heterocycles. The molecule has 1 N–H and O–H groups in total. The largest absolute Gasteiger partial charge is 0.372 e. The molecule has 0 aromatic heterocycles. The van der Waals surface area contributed by atoms with Gasteiger partial charge in [-0.1, -0.05) is 18.2 Å². The zero-order valence-electron chi connectivity index (χ0n) is 14.4. The fourth-order valence-corrected chi connectivity index (χ4v) is 3.09. The fourth-order valence-electron chi connectivity index (χ4n) is 3.09. The molecular weight excluding hydrogens is 314 g/mol. The summed E-state index contributed by atoms with van der Waals surface area (Å²) in [4.78, 5) is 28.6. The molecule has 25 heavy (non-hydrogen) atoms. The zero-order chi connectivity index (χ0) is 17.6. The maximum absolute atomic E-state index is 12.5. The third-order valence-electron chi connectivity index (χ3n) is 4.42. The Kier molecular flexibility index (Phi) is 5.33. The molecule has 1 aliphatic rings. The summed E-state index contributed by atoms with van der Waals surface area (Å²) in [5, 5.41) is 2.70. The van der Waals surface area contributed by atoms with Crippen LogP contribution >= 0.6 is 0 Å². The highest BCUT2D eigenvalue weighted by molar-refractivity contribution is 6.44. The lowest BCUT2D eigenvalue weighted by atomic mass is 10.2. The SMILES string of the molecule is CCN(C(=O)C(=O)Nc1ccc(N2CCCC2)cc1)c1ccccc1. The molecule has 0 aliphatic carbocycles. The second-order valence-electron chi connectivity index (χ2n) is 6.08. The van der Waals surface area contributed by atoms with E-state index >= 15 is 0 Å². The molecule has 0 spiro atoms. The number of amides is 2. The fraction of sp³-hybridized carbons (Fsp3) is 0.300. The number of nitrogens with one attached hydrogen (secondary N) is 1. The summed E-state index contributed by atoms with van der Waals surface area (Å²) in [5.41, 5.74) is 2.50. The molecule has 0 atom stereocenters. The molecule has 0 saturated carbocycles. The van der Waals surface area contributed by atoms with Crippen LogP contribution in [0.5, 0.6) is 0 Å². The molecule has 1 fully saturated rings. The van der Waals surface area contributed by atoms with Crippen LogP contribution < -0.4 is 15.1 Å². The van der Waals surface area contributed by atoms with E-state index in [1.165, 1.54) is 17.7 Å². The van der Waals surface area contributed by atoms with Crippen molar-refractivity contribution in [3.8, 4) is 0 Å². The zero-order valence-corrected chi connectivity index (χ0v) is 14.4. The highest BCUT2D eigenvalue weighted by atomic mass is 16.2. The highest BCUT2D eigenvalue weighted by Gasteiger charge is 2.22. The van der Waals surface area contributed by atoms with Crippen LogP contribution in [0.25, 0.3) is 0 Å². The van der Waals surface area contributed by atoms with Gasteiger partial charge in [0, 0.05) is 36.7 Å². The van der Waals surface area contributed by atoms with Crippen molar-refractivity contribution in [1.82, 2.24) is 0 Å². The minimum absolute atomic E-state index is 0.435. The number of anilines is 3. The van der Waals surface area contributed by atoms with Gasteiger partial charge in [-0.25, -0.2) is 0 Å². The lowest BCUT2D eigenvalue weighted by Gasteiger charge is -2.20. The molecule has 5 heteroatoms. The molecule has 0 unspecified atom stereocenters. The molecule has 0 bridgehead atoms. The molecule has 2 amide bonds. The van der Waals surface area contributed by atoms with Gasteiger partial charge in [0.1, 0.15) is 0 Å². The number of nitrogens with zero attached hydrogens (tertiary/aromatic N) is 2. The Hall–Kier alpha value is -2.82. The van der Waals surface area contributed by atoms with Gasteiger partial charge in [-0.3, -0.25) is 9.59 Å². The first-order valence-corrected chi connectivity index (χ1v) is 8.72. The van der Waals surface area contributed by atoms with Gasteiger partial charge in [0.05, 0.1) is 0 Å². The average Bonchev–Trinajstić information content (AvgIpc) is 3.18. The normalized spacial score (nSPS) is 13.6. The van der Waals surface area contributed by atoms with Gasteiger partial charge in [-0.2, -0.15) is 0 Å². The van der Waals surface area contributed by atoms with E-state index in [-0.39, 0.29) is 0 Å². The van der Waals surface area contributed by atoms with Gasteiger partial charge in [0.2, 0.25) is 0 Å². The van der Waals surface area contributed by atoms with E-state index in [9.17, 15) is 9.59 Å². The van der Waals surface area contributed by atoms with Crippen molar-refractivity contribution in [3.63, 3.8) is 0 Å². The van der Waals surface area contributed by atoms with Crippen LogP contribution in [0.4, 0.5) is 17.1 Å². The molecule has 5 nitrogen and oxygen atoms in total. The smallest absolute Gasteiger partial charge is 0.316 e. The molecule has 2 aromatic carbocycles. The topological polar surface area (TPSA) is 52.7 Å². The first-order chi connectivity index (χ1) is 12.2. The summed E-state index contributed by atoms with van der Waals surface area (Å²) in [6.45, 7) is 4.44. The maximum Gasteiger partial charge on any atom is 0.316 e. The summed E-state index contributed by atoms with van der Waals surface area (Å²) in [6, 6.07) is 16.9. The first-order valence-electron chi connectivity index (χ1n) is 8.72. The van der Waals surface area contributed by atoms with E-state index in [1.54, 1.807) is 0 Å². The van der Waals surface area contributed by atoms with Crippen molar-refractivity contribution in [3.05, 3.63) is 54.6 Å². The quantitative estimate of drug-likeness (QED) is 0.871. The van der Waals surface area contributed by atoms with Crippen molar-refractivity contribution >= 4 is 28.9 Å². The Morgan fingerprint density at radius 1 is 1.00 bits per heavy atom. The Morgan fingerprint density at radius 3 is 2.24 bits per heavy atom. The van der Waals surface area contributed by atoms with Crippen LogP contribution in [-0.2, 0) is 9.59 Å². The van der Waals surface area contributed by atoms with Crippen LogP contribution in [-0.4, -0.2) is 31.4 Å². The van der Waals surface area contributed by atoms with Gasteiger partial charge in [-0.15, -0.1) is 0 Å². The van der Waals surface area contributed by atoms with Crippen molar-refractivity contribution in [2.24, 2.45) is 0 Å². The second kappa shape index (κ2) is 7.83. The second-order valence-corrected chi connectivity index (χ2v) is 6.08. The predicted molar refractivity (Wildman–Crippen MR) is 101 cm³/mol. The molecular formula is C20H23N3O2.